The van der Waals surface area contributed by atoms with Crippen LogP contribution < -0.4 is 10.6 Å². The van der Waals surface area contributed by atoms with Crippen LogP contribution in [0.25, 0.3) is 0 Å². The molecule has 0 aliphatic rings. The van der Waals surface area contributed by atoms with Crippen molar-refractivity contribution in [3.05, 3.63) is 29.8 Å². The van der Waals surface area contributed by atoms with Crippen LogP contribution in [-0.2, 0) is 4.79 Å². The summed E-state index contributed by atoms with van der Waals surface area (Å²) in [5.41, 5.74) is 2.03. The van der Waals surface area contributed by atoms with Crippen molar-refractivity contribution in [2.45, 2.75) is 26.8 Å². The van der Waals surface area contributed by atoms with Gasteiger partial charge in [-0.05, 0) is 31.7 Å². The molecular formula is C13H20N2O. The SMILES string of the molecule is CNC(C)c1cccc(NC(=O)C(C)C)c1. The highest BCUT2D eigenvalue weighted by Gasteiger charge is 2.08. The molecule has 0 aliphatic heterocycles. The van der Waals surface area contributed by atoms with Crippen molar-refractivity contribution < 1.29 is 4.79 Å². The summed E-state index contributed by atoms with van der Waals surface area (Å²) in [5.74, 6) is 0.0552. The van der Waals surface area contributed by atoms with Crippen molar-refractivity contribution in [2.24, 2.45) is 5.92 Å². The van der Waals surface area contributed by atoms with Crippen LogP contribution in [-0.4, -0.2) is 13.0 Å². The maximum Gasteiger partial charge on any atom is 0.226 e. The van der Waals surface area contributed by atoms with Gasteiger partial charge in [-0.15, -0.1) is 0 Å². The number of anilines is 1. The largest absolute Gasteiger partial charge is 0.326 e. The number of carbonyl (C=O) groups is 1. The van der Waals surface area contributed by atoms with E-state index in [-0.39, 0.29) is 17.9 Å². The highest BCUT2D eigenvalue weighted by molar-refractivity contribution is 5.92. The Morgan fingerprint density at radius 3 is 2.50 bits per heavy atom. The smallest absolute Gasteiger partial charge is 0.226 e. The molecule has 0 heterocycles. The molecule has 0 radical (unpaired) electrons. The van der Waals surface area contributed by atoms with E-state index >= 15 is 0 Å². The monoisotopic (exact) mass is 220 g/mol. The van der Waals surface area contributed by atoms with Crippen molar-refractivity contribution >= 4 is 11.6 Å². The minimum atomic E-state index is 0.00498. The molecule has 0 bridgehead atoms. The summed E-state index contributed by atoms with van der Waals surface area (Å²) < 4.78 is 0. The van der Waals surface area contributed by atoms with Crippen LogP contribution in [0.2, 0.25) is 0 Å². The lowest BCUT2D eigenvalue weighted by Crippen LogP contribution is -2.18. The fourth-order valence-electron chi connectivity index (χ4n) is 1.34. The lowest BCUT2D eigenvalue weighted by atomic mass is 10.1. The van der Waals surface area contributed by atoms with Gasteiger partial charge in [-0.1, -0.05) is 26.0 Å². The molecule has 1 rings (SSSR count). The molecule has 1 aromatic carbocycles. The molecule has 0 aromatic heterocycles. The third-order valence-electron chi connectivity index (χ3n) is 2.61. The highest BCUT2D eigenvalue weighted by Crippen LogP contribution is 2.17. The molecule has 0 fully saturated rings. The van der Waals surface area contributed by atoms with Crippen LogP contribution in [0, 0.1) is 5.92 Å². The van der Waals surface area contributed by atoms with Gasteiger partial charge in [0.15, 0.2) is 0 Å². The number of nitrogens with one attached hydrogen (secondary N) is 2. The third-order valence-corrected chi connectivity index (χ3v) is 2.61. The number of rotatable bonds is 4. The Balaban J connectivity index is 2.78. The highest BCUT2D eigenvalue weighted by atomic mass is 16.1. The van der Waals surface area contributed by atoms with Crippen LogP contribution in [0.3, 0.4) is 0 Å². The summed E-state index contributed by atoms with van der Waals surface area (Å²) in [6, 6.07) is 8.20. The van der Waals surface area contributed by atoms with E-state index in [0.717, 1.165) is 5.69 Å². The first-order valence-electron chi connectivity index (χ1n) is 5.62. The van der Waals surface area contributed by atoms with E-state index in [1.54, 1.807) is 0 Å². The Morgan fingerprint density at radius 2 is 1.94 bits per heavy atom. The van der Waals surface area contributed by atoms with Crippen molar-refractivity contribution in [3.63, 3.8) is 0 Å². The minimum absolute atomic E-state index is 0.00498. The number of hydrogen-bond acceptors (Lipinski definition) is 2. The lowest BCUT2D eigenvalue weighted by Gasteiger charge is -2.13. The van der Waals surface area contributed by atoms with E-state index in [0.29, 0.717) is 0 Å². The van der Waals surface area contributed by atoms with Gasteiger partial charge in [0.05, 0.1) is 0 Å². The number of carbonyl (C=O) groups excluding carboxylic acids is 1. The molecule has 0 spiro atoms. The van der Waals surface area contributed by atoms with E-state index in [4.69, 9.17) is 0 Å². The summed E-state index contributed by atoms with van der Waals surface area (Å²) in [6.07, 6.45) is 0. The number of amides is 1. The Hall–Kier alpha value is -1.35. The van der Waals surface area contributed by atoms with Gasteiger partial charge in [0.25, 0.3) is 0 Å². The molecule has 1 atom stereocenters. The lowest BCUT2D eigenvalue weighted by molar-refractivity contribution is -0.118. The van der Waals surface area contributed by atoms with E-state index in [9.17, 15) is 4.79 Å². The van der Waals surface area contributed by atoms with E-state index < -0.39 is 0 Å². The van der Waals surface area contributed by atoms with Crippen molar-refractivity contribution in [1.29, 1.82) is 0 Å². The fourth-order valence-corrected chi connectivity index (χ4v) is 1.34. The molecule has 88 valence electrons. The third kappa shape index (κ3) is 3.35. The Labute approximate surface area is 97.2 Å². The predicted octanol–water partition coefficient (Wildman–Crippen LogP) is 2.56. The second kappa shape index (κ2) is 5.66. The van der Waals surface area contributed by atoms with Gasteiger partial charge in [0, 0.05) is 17.6 Å². The zero-order valence-electron chi connectivity index (χ0n) is 10.4. The number of hydrogen-bond donors (Lipinski definition) is 2. The first-order valence-corrected chi connectivity index (χ1v) is 5.62. The molecule has 0 saturated heterocycles. The van der Waals surface area contributed by atoms with Gasteiger partial charge in [-0.3, -0.25) is 4.79 Å². The molecule has 2 N–H and O–H groups in total. The van der Waals surface area contributed by atoms with Gasteiger partial charge in [0.2, 0.25) is 5.91 Å². The summed E-state index contributed by atoms with van der Waals surface area (Å²) in [6.45, 7) is 5.86. The van der Waals surface area contributed by atoms with Crippen LogP contribution >= 0.6 is 0 Å². The Kier molecular flexibility index (Phi) is 4.50. The van der Waals surface area contributed by atoms with Gasteiger partial charge in [-0.25, -0.2) is 0 Å². The van der Waals surface area contributed by atoms with Gasteiger partial charge < -0.3 is 10.6 Å². The van der Waals surface area contributed by atoms with Gasteiger partial charge in [0.1, 0.15) is 0 Å². The van der Waals surface area contributed by atoms with Crippen LogP contribution in [0.5, 0.6) is 0 Å². The molecule has 3 nitrogen and oxygen atoms in total. The average Bonchev–Trinajstić information content (AvgIpc) is 2.28. The maximum atomic E-state index is 11.5. The molecule has 1 unspecified atom stereocenters. The van der Waals surface area contributed by atoms with Crippen molar-refractivity contribution in [3.8, 4) is 0 Å². The normalized spacial score (nSPS) is 12.6. The summed E-state index contributed by atoms with van der Waals surface area (Å²) >= 11 is 0. The van der Waals surface area contributed by atoms with E-state index in [1.807, 2.05) is 45.2 Å². The topological polar surface area (TPSA) is 41.1 Å². The van der Waals surface area contributed by atoms with E-state index in [1.165, 1.54) is 5.56 Å². The van der Waals surface area contributed by atoms with Gasteiger partial charge in [-0.2, -0.15) is 0 Å². The quantitative estimate of drug-likeness (QED) is 0.818. The molecule has 1 aromatic rings. The first-order chi connectivity index (χ1) is 7.54. The van der Waals surface area contributed by atoms with Crippen molar-refractivity contribution in [2.75, 3.05) is 12.4 Å². The standard InChI is InChI=1S/C13H20N2O/c1-9(2)13(16)15-12-7-5-6-11(8-12)10(3)14-4/h5-10,14H,1-4H3,(H,15,16). The predicted molar refractivity (Wildman–Crippen MR) is 67.4 cm³/mol. The molecule has 16 heavy (non-hydrogen) atoms. The summed E-state index contributed by atoms with van der Waals surface area (Å²) in [7, 11) is 1.92. The van der Waals surface area contributed by atoms with Crippen LogP contribution in [0.1, 0.15) is 32.4 Å². The zero-order chi connectivity index (χ0) is 12.1. The summed E-state index contributed by atoms with van der Waals surface area (Å²) in [4.78, 5) is 11.5. The number of benzene rings is 1. The minimum Gasteiger partial charge on any atom is -0.326 e. The molecular weight excluding hydrogens is 200 g/mol. The van der Waals surface area contributed by atoms with E-state index in [2.05, 4.69) is 17.6 Å². The summed E-state index contributed by atoms with van der Waals surface area (Å²) in [5, 5.41) is 6.07. The fraction of sp³-hybridized carbons (Fsp3) is 0.462. The zero-order valence-corrected chi connectivity index (χ0v) is 10.4. The maximum absolute atomic E-state index is 11.5. The second-order valence-electron chi connectivity index (χ2n) is 4.28. The average molecular weight is 220 g/mol. The molecule has 0 saturated carbocycles. The molecule has 0 aliphatic carbocycles. The Morgan fingerprint density at radius 1 is 1.25 bits per heavy atom. The first kappa shape index (κ1) is 12.7. The van der Waals surface area contributed by atoms with Crippen LogP contribution in [0.15, 0.2) is 24.3 Å². The Bertz CT molecular complexity index is 361. The second-order valence-corrected chi connectivity index (χ2v) is 4.28. The van der Waals surface area contributed by atoms with Crippen molar-refractivity contribution in [1.82, 2.24) is 5.32 Å². The van der Waals surface area contributed by atoms with Gasteiger partial charge >= 0.3 is 0 Å². The molecule has 1 amide bonds. The molecule has 3 heteroatoms. The van der Waals surface area contributed by atoms with Crippen LogP contribution in [0.4, 0.5) is 5.69 Å².